The Bertz CT molecular complexity index is 443. The molecule has 0 unspecified atom stereocenters. The van der Waals surface area contributed by atoms with Gasteiger partial charge in [-0.25, -0.2) is 8.78 Å². The number of hydrogen-bond acceptors (Lipinski definition) is 1. The van der Waals surface area contributed by atoms with Gasteiger partial charge in [0, 0.05) is 18.7 Å². The van der Waals surface area contributed by atoms with E-state index in [2.05, 4.69) is 0 Å². The summed E-state index contributed by atoms with van der Waals surface area (Å²) in [6.07, 6.45) is 0. The summed E-state index contributed by atoms with van der Waals surface area (Å²) < 4.78 is 26.8. The molecule has 16 heavy (non-hydrogen) atoms. The number of rotatable bonds is 2. The summed E-state index contributed by atoms with van der Waals surface area (Å²) in [6, 6.07) is 2.07. The molecule has 0 fully saturated rings. The SMILES string of the molecule is CC(C)CN1Cc2c(F)ccc(F)c2C1=O. The Morgan fingerprint density at radius 1 is 1.31 bits per heavy atom. The summed E-state index contributed by atoms with van der Waals surface area (Å²) >= 11 is 0. The largest absolute Gasteiger partial charge is 0.334 e. The van der Waals surface area contributed by atoms with E-state index in [1.165, 1.54) is 4.90 Å². The summed E-state index contributed by atoms with van der Waals surface area (Å²) in [5, 5.41) is 0. The summed E-state index contributed by atoms with van der Waals surface area (Å²) in [4.78, 5) is 13.3. The highest BCUT2D eigenvalue weighted by Gasteiger charge is 2.32. The molecule has 0 atom stereocenters. The van der Waals surface area contributed by atoms with E-state index in [0.717, 1.165) is 12.1 Å². The Morgan fingerprint density at radius 2 is 1.94 bits per heavy atom. The molecular weight excluding hydrogens is 212 g/mol. The van der Waals surface area contributed by atoms with Gasteiger partial charge in [-0.05, 0) is 18.1 Å². The van der Waals surface area contributed by atoms with Crippen molar-refractivity contribution in [3.63, 3.8) is 0 Å². The van der Waals surface area contributed by atoms with Gasteiger partial charge in [0.2, 0.25) is 0 Å². The van der Waals surface area contributed by atoms with Gasteiger partial charge in [0.15, 0.2) is 0 Å². The molecule has 1 aliphatic rings. The quantitative estimate of drug-likeness (QED) is 0.757. The first kappa shape index (κ1) is 11.0. The van der Waals surface area contributed by atoms with Crippen LogP contribution in [-0.4, -0.2) is 17.4 Å². The number of halogens is 2. The summed E-state index contributed by atoms with van der Waals surface area (Å²) in [6.45, 7) is 4.62. The van der Waals surface area contributed by atoms with Crippen molar-refractivity contribution in [2.75, 3.05) is 6.54 Å². The lowest BCUT2D eigenvalue weighted by atomic mass is 10.1. The molecule has 1 aromatic carbocycles. The van der Waals surface area contributed by atoms with Crippen molar-refractivity contribution in [3.8, 4) is 0 Å². The number of benzene rings is 1. The Balaban J connectivity index is 2.38. The van der Waals surface area contributed by atoms with Crippen LogP contribution in [0.5, 0.6) is 0 Å². The molecule has 0 radical (unpaired) electrons. The van der Waals surface area contributed by atoms with Gasteiger partial charge in [-0.2, -0.15) is 0 Å². The van der Waals surface area contributed by atoms with Crippen LogP contribution >= 0.6 is 0 Å². The minimum absolute atomic E-state index is 0.0966. The predicted octanol–water partition coefficient (Wildman–Crippen LogP) is 2.58. The van der Waals surface area contributed by atoms with Crippen molar-refractivity contribution >= 4 is 5.91 Å². The first-order valence-electron chi connectivity index (χ1n) is 5.27. The van der Waals surface area contributed by atoms with E-state index < -0.39 is 17.5 Å². The van der Waals surface area contributed by atoms with Gasteiger partial charge in [-0.15, -0.1) is 0 Å². The predicted molar refractivity (Wildman–Crippen MR) is 55.9 cm³/mol. The number of nitrogens with zero attached hydrogens (tertiary/aromatic N) is 1. The summed E-state index contributed by atoms with van der Waals surface area (Å²) in [7, 11) is 0. The van der Waals surface area contributed by atoms with Crippen molar-refractivity contribution in [2.24, 2.45) is 5.92 Å². The van der Waals surface area contributed by atoms with Crippen LogP contribution in [0.4, 0.5) is 8.78 Å². The van der Waals surface area contributed by atoms with E-state index in [1.807, 2.05) is 13.8 Å². The molecule has 1 aliphatic heterocycles. The second-order valence-electron chi connectivity index (χ2n) is 4.46. The van der Waals surface area contributed by atoms with Gasteiger partial charge in [-0.1, -0.05) is 13.8 Å². The fourth-order valence-electron chi connectivity index (χ4n) is 1.99. The smallest absolute Gasteiger partial charge is 0.257 e. The molecule has 0 aromatic heterocycles. The molecule has 0 saturated heterocycles. The lowest BCUT2D eigenvalue weighted by Gasteiger charge is -2.17. The van der Waals surface area contributed by atoms with E-state index >= 15 is 0 Å². The number of carbonyl (C=O) groups is 1. The molecule has 86 valence electrons. The van der Waals surface area contributed by atoms with Crippen LogP contribution < -0.4 is 0 Å². The van der Waals surface area contributed by atoms with Gasteiger partial charge in [0.1, 0.15) is 11.6 Å². The fourth-order valence-corrected chi connectivity index (χ4v) is 1.99. The second-order valence-corrected chi connectivity index (χ2v) is 4.46. The molecule has 0 bridgehead atoms. The minimum Gasteiger partial charge on any atom is -0.334 e. The lowest BCUT2D eigenvalue weighted by Crippen LogP contribution is -2.28. The maximum atomic E-state index is 13.4. The molecule has 0 spiro atoms. The van der Waals surface area contributed by atoms with E-state index in [0.29, 0.717) is 6.54 Å². The first-order chi connectivity index (χ1) is 7.50. The normalized spacial score (nSPS) is 14.8. The van der Waals surface area contributed by atoms with E-state index in [4.69, 9.17) is 0 Å². The third-order valence-corrected chi connectivity index (χ3v) is 2.64. The van der Waals surface area contributed by atoms with Crippen LogP contribution in [0.2, 0.25) is 0 Å². The molecule has 0 aliphatic carbocycles. The topological polar surface area (TPSA) is 20.3 Å². The average molecular weight is 225 g/mol. The van der Waals surface area contributed by atoms with E-state index in [-0.39, 0.29) is 23.6 Å². The molecule has 1 amide bonds. The van der Waals surface area contributed by atoms with Gasteiger partial charge in [0.25, 0.3) is 5.91 Å². The molecular formula is C12H13F2NO. The van der Waals surface area contributed by atoms with Crippen molar-refractivity contribution in [3.05, 3.63) is 34.9 Å². The van der Waals surface area contributed by atoms with Crippen molar-refractivity contribution in [1.29, 1.82) is 0 Å². The molecule has 2 nitrogen and oxygen atoms in total. The van der Waals surface area contributed by atoms with Crippen LogP contribution in [0.3, 0.4) is 0 Å². The summed E-state index contributed by atoms with van der Waals surface area (Å²) in [5.74, 6) is -1.26. The van der Waals surface area contributed by atoms with Crippen LogP contribution in [-0.2, 0) is 6.54 Å². The third-order valence-electron chi connectivity index (χ3n) is 2.64. The highest BCUT2D eigenvalue weighted by Crippen LogP contribution is 2.27. The highest BCUT2D eigenvalue weighted by molar-refractivity contribution is 5.98. The molecule has 0 N–H and O–H groups in total. The van der Waals surface area contributed by atoms with Gasteiger partial charge in [0.05, 0.1) is 5.56 Å². The first-order valence-corrected chi connectivity index (χ1v) is 5.27. The molecule has 1 aromatic rings. The van der Waals surface area contributed by atoms with Crippen molar-refractivity contribution in [2.45, 2.75) is 20.4 Å². The van der Waals surface area contributed by atoms with Crippen LogP contribution in [0.15, 0.2) is 12.1 Å². The molecule has 0 saturated carbocycles. The summed E-state index contributed by atoms with van der Waals surface area (Å²) in [5.41, 5.74) is 0.0892. The van der Waals surface area contributed by atoms with Crippen LogP contribution in [0.25, 0.3) is 0 Å². The Hall–Kier alpha value is -1.45. The molecule has 1 heterocycles. The van der Waals surface area contributed by atoms with E-state index in [1.54, 1.807) is 0 Å². The maximum absolute atomic E-state index is 13.4. The Kier molecular flexibility index (Phi) is 2.66. The van der Waals surface area contributed by atoms with Gasteiger partial charge >= 0.3 is 0 Å². The standard InChI is InChI=1S/C12H13F2NO/c1-7(2)5-15-6-8-9(13)3-4-10(14)11(8)12(15)16/h3-4,7H,5-6H2,1-2H3. The molecule has 2 rings (SSSR count). The zero-order chi connectivity index (χ0) is 11.9. The van der Waals surface area contributed by atoms with Gasteiger partial charge in [-0.3, -0.25) is 4.79 Å². The minimum atomic E-state index is -0.632. The highest BCUT2D eigenvalue weighted by atomic mass is 19.1. The average Bonchev–Trinajstić information content (AvgIpc) is 2.51. The fraction of sp³-hybridized carbons (Fsp3) is 0.417. The Morgan fingerprint density at radius 3 is 2.50 bits per heavy atom. The monoisotopic (exact) mass is 225 g/mol. The number of carbonyl (C=O) groups excluding carboxylic acids is 1. The maximum Gasteiger partial charge on any atom is 0.257 e. The third kappa shape index (κ3) is 1.68. The zero-order valence-corrected chi connectivity index (χ0v) is 9.26. The van der Waals surface area contributed by atoms with Crippen molar-refractivity contribution in [1.82, 2.24) is 4.90 Å². The Labute approximate surface area is 92.9 Å². The van der Waals surface area contributed by atoms with E-state index in [9.17, 15) is 13.6 Å². The van der Waals surface area contributed by atoms with Crippen LogP contribution in [0, 0.1) is 17.6 Å². The number of fused-ring (bicyclic) bond motifs is 1. The number of amides is 1. The second kappa shape index (κ2) is 3.85. The van der Waals surface area contributed by atoms with Gasteiger partial charge < -0.3 is 4.90 Å². The van der Waals surface area contributed by atoms with Crippen LogP contribution in [0.1, 0.15) is 29.8 Å². The number of hydrogen-bond donors (Lipinski definition) is 0. The molecule has 4 heteroatoms. The lowest BCUT2D eigenvalue weighted by molar-refractivity contribution is 0.0756. The zero-order valence-electron chi connectivity index (χ0n) is 9.26. The van der Waals surface area contributed by atoms with Crippen molar-refractivity contribution < 1.29 is 13.6 Å².